The lowest BCUT2D eigenvalue weighted by molar-refractivity contribution is 0.352. The average Bonchev–Trinajstić information content (AvgIpc) is 3.32. The SMILES string of the molecule is C=CCC(NC(=C)N(C)CCCn1ccnc1)c1ccc2sccc2c1. The summed E-state index contributed by atoms with van der Waals surface area (Å²) in [4.78, 5) is 6.25. The lowest BCUT2D eigenvalue weighted by Gasteiger charge is -2.27. The van der Waals surface area contributed by atoms with Crippen LogP contribution >= 0.6 is 11.3 Å². The number of aromatic nitrogens is 2. The molecule has 0 saturated carbocycles. The van der Waals surface area contributed by atoms with E-state index in [1.165, 1.54) is 15.6 Å². The Morgan fingerprint density at radius 2 is 2.31 bits per heavy atom. The second kappa shape index (κ2) is 8.72. The zero-order chi connectivity index (χ0) is 18.4. The third-order valence-electron chi connectivity index (χ3n) is 4.55. The number of hydrogen-bond donors (Lipinski definition) is 1. The maximum atomic E-state index is 4.23. The van der Waals surface area contributed by atoms with Gasteiger partial charge < -0.3 is 14.8 Å². The van der Waals surface area contributed by atoms with Crippen molar-refractivity contribution in [1.82, 2.24) is 19.8 Å². The molecule has 0 aliphatic rings. The van der Waals surface area contributed by atoms with Crippen LogP contribution in [0, 0.1) is 0 Å². The fraction of sp³-hybridized carbons (Fsp3) is 0.286. The van der Waals surface area contributed by atoms with Gasteiger partial charge >= 0.3 is 0 Å². The number of benzene rings is 1. The van der Waals surface area contributed by atoms with Crippen molar-refractivity contribution in [1.29, 1.82) is 0 Å². The molecule has 0 aliphatic heterocycles. The molecule has 1 unspecified atom stereocenters. The van der Waals surface area contributed by atoms with Crippen molar-refractivity contribution in [3.8, 4) is 0 Å². The van der Waals surface area contributed by atoms with Gasteiger partial charge in [-0.25, -0.2) is 4.98 Å². The van der Waals surface area contributed by atoms with Crippen LogP contribution in [-0.4, -0.2) is 28.0 Å². The van der Waals surface area contributed by atoms with Crippen molar-refractivity contribution in [3.05, 3.63) is 79.0 Å². The second-order valence-electron chi connectivity index (χ2n) is 6.46. The minimum Gasteiger partial charge on any atom is -0.365 e. The number of nitrogens with one attached hydrogen (secondary N) is 1. The van der Waals surface area contributed by atoms with Crippen molar-refractivity contribution >= 4 is 21.4 Å². The Labute approximate surface area is 159 Å². The number of imidazole rings is 1. The third-order valence-corrected chi connectivity index (χ3v) is 5.45. The molecule has 0 spiro atoms. The molecule has 5 heteroatoms. The van der Waals surface area contributed by atoms with Gasteiger partial charge in [0.25, 0.3) is 0 Å². The van der Waals surface area contributed by atoms with Crippen LogP contribution in [0.5, 0.6) is 0 Å². The van der Waals surface area contributed by atoms with Crippen LogP contribution in [0.3, 0.4) is 0 Å². The molecular formula is C21H26N4S. The maximum absolute atomic E-state index is 4.23. The van der Waals surface area contributed by atoms with Gasteiger partial charge in [-0.3, -0.25) is 0 Å². The number of nitrogens with zero attached hydrogens (tertiary/aromatic N) is 3. The first-order valence-corrected chi connectivity index (χ1v) is 9.75. The largest absolute Gasteiger partial charge is 0.365 e. The number of thiophene rings is 1. The van der Waals surface area contributed by atoms with Crippen molar-refractivity contribution in [2.75, 3.05) is 13.6 Å². The molecule has 0 saturated heterocycles. The molecule has 1 atom stereocenters. The quantitative estimate of drug-likeness (QED) is 0.523. The zero-order valence-corrected chi connectivity index (χ0v) is 16.1. The molecule has 2 heterocycles. The Kier molecular flexibility index (Phi) is 6.12. The molecule has 3 rings (SSSR count). The van der Waals surface area contributed by atoms with Crippen LogP contribution in [0.2, 0.25) is 0 Å². The Morgan fingerprint density at radius 1 is 1.42 bits per heavy atom. The highest BCUT2D eigenvalue weighted by Gasteiger charge is 2.13. The minimum atomic E-state index is 0.181. The Hall–Kier alpha value is -2.53. The van der Waals surface area contributed by atoms with E-state index in [0.717, 1.165) is 31.8 Å². The van der Waals surface area contributed by atoms with Crippen LogP contribution in [0.1, 0.15) is 24.4 Å². The summed E-state index contributed by atoms with van der Waals surface area (Å²) in [6, 6.07) is 9.02. The predicted octanol–water partition coefficient (Wildman–Crippen LogP) is 4.80. The number of rotatable bonds is 10. The fourth-order valence-electron chi connectivity index (χ4n) is 3.00. The van der Waals surface area contributed by atoms with E-state index in [4.69, 9.17) is 0 Å². The number of aryl methyl sites for hydroxylation is 1. The van der Waals surface area contributed by atoms with Crippen molar-refractivity contribution in [2.45, 2.75) is 25.4 Å². The molecule has 1 N–H and O–H groups in total. The first-order chi connectivity index (χ1) is 12.7. The smallest absolute Gasteiger partial charge is 0.0945 e. The fourth-order valence-corrected chi connectivity index (χ4v) is 3.77. The molecule has 136 valence electrons. The van der Waals surface area contributed by atoms with Gasteiger partial charge in [0.15, 0.2) is 0 Å². The topological polar surface area (TPSA) is 33.1 Å². The monoisotopic (exact) mass is 366 g/mol. The van der Waals surface area contributed by atoms with E-state index in [2.05, 4.69) is 69.6 Å². The molecule has 1 aromatic carbocycles. The van der Waals surface area contributed by atoms with Crippen LogP contribution in [0.4, 0.5) is 0 Å². The Bertz CT molecular complexity index is 850. The number of fused-ring (bicyclic) bond motifs is 1. The summed E-state index contributed by atoms with van der Waals surface area (Å²) >= 11 is 1.77. The molecule has 0 aliphatic carbocycles. The van der Waals surface area contributed by atoms with Crippen LogP contribution in [0.15, 0.2) is 73.4 Å². The highest BCUT2D eigenvalue weighted by atomic mass is 32.1. The first-order valence-electron chi connectivity index (χ1n) is 8.87. The molecule has 0 amide bonds. The van der Waals surface area contributed by atoms with E-state index in [0.29, 0.717) is 0 Å². The van der Waals surface area contributed by atoms with Gasteiger partial charge in [-0.05, 0) is 47.4 Å². The van der Waals surface area contributed by atoms with E-state index in [1.807, 2.05) is 24.8 Å². The highest BCUT2D eigenvalue weighted by Crippen LogP contribution is 2.26. The van der Waals surface area contributed by atoms with Crippen molar-refractivity contribution in [2.24, 2.45) is 0 Å². The molecule has 26 heavy (non-hydrogen) atoms. The van der Waals surface area contributed by atoms with Crippen LogP contribution in [0.25, 0.3) is 10.1 Å². The molecule has 2 aromatic heterocycles. The molecule has 3 aromatic rings. The summed E-state index contributed by atoms with van der Waals surface area (Å²) in [6.45, 7) is 10.1. The lowest BCUT2D eigenvalue weighted by atomic mass is 10.0. The standard InChI is InChI=1S/C21H26N4S/c1-4-6-20(18-7-8-21-19(15-18)9-14-26-21)23-17(2)24(3)11-5-12-25-13-10-22-16-25/h4,7-10,13-16,20,23H,1-2,5-6,11-12H2,3H3. The van der Waals surface area contributed by atoms with Gasteiger partial charge in [0, 0.05) is 37.2 Å². The predicted molar refractivity (Wildman–Crippen MR) is 111 cm³/mol. The Morgan fingerprint density at radius 3 is 3.08 bits per heavy atom. The van der Waals surface area contributed by atoms with E-state index in [-0.39, 0.29) is 6.04 Å². The van der Waals surface area contributed by atoms with Gasteiger partial charge in [-0.15, -0.1) is 17.9 Å². The molecule has 4 nitrogen and oxygen atoms in total. The summed E-state index contributed by atoms with van der Waals surface area (Å²) in [5, 5.41) is 7.01. The van der Waals surface area contributed by atoms with Gasteiger partial charge in [-0.1, -0.05) is 18.7 Å². The van der Waals surface area contributed by atoms with Gasteiger partial charge in [0.2, 0.25) is 0 Å². The summed E-state index contributed by atoms with van der Waals surface area (Å²) in [7, 11) is 2.08. The highest BCUT2D eigenvalue weighted by molar-refractivity contribution is 7.17. The minimum absolute atomic E-state index is 0.181. The Balaban J connectivity index is 1.59. The van der Waals surface area contributed by atoms with E-state index in [1.54, 1.807) is 11.3 Å². The second-order valence-corrected chi connectivity index (χ2v) is 7.41. The van der Waals surface area contributed by atoms with E-state index in [9.17, 15) is 0 Å². The average molecular weight is 367 g/mol. The van der Waals surface area contributed by atoms with Gasteiger partial charge in [0.1, 0.15) is 0 Å². The zero-order valence-electron chi connectivity index (χ0n) is 15.3. The van der Waals surface area contributed by atoms with E-state index < -0.39 is 0 Å². The third kappa shape index (κ3) is 4.55. The maximum Gasteiger partial charge on any atom is 0.0945 e. The van der Waals surface area contributed by atoms with Gasteiger partial charge in [0.05, 0.1) is 18.2 Å². The van der Waals surface area contributed by atoms with Crippen molar-refractivity contribution in [3.63, 3.8) is 0 Å². The summed E-state index contributed by atoms with van der Waals surface area (Å²) in [6.07, 6.45) is 9.52. The first kappa shape index (κ1) is 18.3. The summed E-state index contributed by atoms with van der Waals surface area (Å²) in [5.41, 5.74) is 1.27. The molecule has 0 fully saturated rings. The van der Waals surface area contributed by atoms with Crippen LogP contribution < -0.4 is 5.32 Å². The normalized spacial score (nSPS) is 12.0. The molecular weight excluding hydrogens is 340 g/mol. The summed E-state index contributed by atoms with van der Waals surface area (Å²) in [5.74, 6) is 0.938. The van der Waals surface area contributed by atoms with Gasteiger partial charge in [-0.2, -0.15) is 0 Å². The van der Waals surface area contributed by atoms with Crippen molar-refractivity contribution < 1.29 is 0 Å². The molecule has 0 radical (unpaired) electrons. The van der Waals surface area contributed by atoms with Crippen LogP contribution in [-0.2, 0) is 6.54 Å². The number of hydrogen-bond acceptors (Lipinski definition) is 4. The molecule has 0 bridgehead atoms. The lowest BCUT2D eigenvalue weighted by Crippen LogP contribution is -2.31. The summed E-state index contributed by atoms with van der Waals surface area (Å²) < 4.78 is 3.42. The van der Waals surface area contributed by atoms with E-state index >= 15 is 0 Å².